The van der Waals surface area contributed by atoms with E-state index in [-0.39, 0.29) is 0 Å². The number of aromatic nitrogens is 2. The van der Waals surface area contributed by atoms with Gasteiger partial charge in [0.2, 0.25) is 5.95 Å². The Labute approximate surface area is 85.0 Å². The molecule has 0 N–H and O–H groups in total. The summed E-state index contributed by atoms with van der Waals surface area (Å²) in [6.07, 6.45) is 0. The fourth-order valence-corrected chi connectivity index (χ4v) is 2.05. The molecule has 0 aliphatic heterocycles. The lowest BCUT2D eigenvalue weighted by Gasteiger charge is -2.09. The summed E-state index contributed by atoms with van der Waals surface area (Å²) in [7, 11) is 3.79. The molecule has 0 saturated carbocycles. The third kappa shape index (κ3) is 1.47. The number of rotatable bonds is 1. The average Bonchev–Trinajstić information content (AvgIpc) is 2.51. The van der Waals surface area contributed by atoms with Crippen molar-refractivity contribution in [1.29, 1.82) is 0 Å². The van der Waals surface area contributed by atoms with Gasteiger partial charge in [-0.1, -0.05) is 11.6 Å². The molecule has 0 unspecified atom stereocenters. The van der Waals surface area contributed by atoms with Gasteiger partial charge < -0.3 is 4.90 Å². The lowest BCUT2D eigenvalue weighted by molar-refractivity contribution is 1.02. The first-order valence-electron chi connectivity index (χ1n) is 3.76. The highest BCUT2D eigenvalue weighted by Gasteiger charge is 2.07. The van der Waals surface area contributed by atoms with Crippen LogP contribution >= 0.6 is 22.9 Å². The minimum Gasteiger partial charge on any atom is -0.347 e. The summed E-state index contributed by atoms with van der Waals surface area (Å²) in [6.45, 7) is 0. The van der Waals surface area contributed by atoms with Crippen molar-refractivity contribution in [2.45, 2.75) is 0 Å². The maximum Gasteiger partial charge on any atom is 0.227 e. The lowest BCUT2D eigenvalue weighted by atomic mass is 10.4. The zero-order chi connectivity index (χ0) is 9.42. The maximum absolute atomic E-state index is 5.98. The Hall–Kier alpha value is -0.870. The topological polar surface area (TPSA) is 29.0 Å². The molecule has 0 bridgehead atoms. The molecule has 68 valence electrons. The number of hydrogen-bond donors (Lipinski definition) is 0. The van der Waals surface area contributed by atoms with Crippen molar-refractivity contribution in [3.63, 3.8) is 0 Å². The van der Waals surface area contributed by atoms with Gasteiger partial charge in [0.25, 0.3) is 0 Å². The number of halogens is 1. The van der Waals surface area contributed by atoms with Crippen molar-refractivity contribution in [2.75, 3.05) is 19.0 Å². The van der Waals surface area contributed by atoms with Crippen LogP contribution in [-0.4, -0.2) is 24.1 Å². The Morgan fingerprint density at radius 1 is 1.38 bits per heavy atom. The van der Waals surface area contributed by atoms with Gasteiger partial charge in [-0.3, -0.25) is 0 Å². The number of nitrogens with zero attached hydrogens (tertiary/aromatic N) is 3. The molecule has 0 aromatic carbocycles. The molecule has 0 aliphatic rings. The number of anilines is 1. The lowest BCUT2D eigenvalue weighted by Crippen LogP contribution is -2.12. The van der Waals surface area contributed by atoms with Crippen molar-refractivity contribution >= 4 is 39.1 Å². The summed E-state index contributed by atoms with van der Waals surface area (Å²) in [4.78, 5) is 11.3. The van der Waals surface area contributed by atoms with Crippen molar-refractivity contribution in [3.05, 3.63) is 16.6 Å². The maximum atomic E-state index is 5.98. The summed E-state index contributed by atoms with van der Waals surface area (Å²) in [5.74, 6) is 0.653. The van der Waals surface area contributed by atoms with Crippen LogP contribution in [-0.2, 0) is 0 Å². The van der Waals surface area contributed by atoms with Crippen LogP contribution in [0.2, 0.25) is 5.15 Å². The van der Waals surface area contributed by atoms with Crippen molar-refractivity contribution in [1.82, 2.24) is 9.97 Å². The van der Waals surface area contributed by atoms with E-state index < -0.39 is 0 Å². The molecule has 0 amide bonds. The second-order valence-electron chi connectivity index (χ2n) is 2.85. The summed E-state index contributed by atoms with van der Waals surface area (Å²) >= 11 is 7.55. The van der Waals surface area contributed by atoms with E-state index in [4.69, 9.17) is 11.6 Å². The zero-order valence-electron chi connectivity index (χ0n) is 7.28. The van der Waals surface area contributed by atoms with Gasteiger partial charge in [-0.05, 0) is 11.4 Å². The molecule has 13 heavy (non-hydrogen) atoms. The van der Waals surface area contributed by atoms with E-state index in [1.54, 1.807) is 11.3 Å². The van der Waals surface area contributed by atoms with E-state index >= 15 is 0 Å². The smallest absolute Gasteiger partial charge is 0.227 e. The van der Waals surface area contributed by atoms with Gasteiger partial charge in [-0.25, -0.2) is 9.97 Å². The number of fused-ring (bicyclic) bond motifs is 1. The molecule has 0 aliphatic carbocycles. The minimum absolute atomic E-state index is 0.523. The van der Waals surface area contributed by atoms with Crippen LogP contribution < -0.4 is 4.90 Å². The minimum atomic E-state index is 0.523. The van der Waals surface area contributed by atoms with E-state index in [0.29, 0.717) is 11.1 Å². The summed E-state index contributed by atoms with van der Waals surface area (Å²) < 4.78 is 0. The van der Waals surface area contributed by atoms with Crippen molar-refractivity contribution in [2.24, 2.45) is 0 Å². The second kappa shape index (κ2) is 3.12. The summed E-state index contributed by atoms with van der Waals surface area (Å²) in [5.41, 5.74) is 0. The molecule has 0 atom stereocenters. The van der Waals surface area contributed by atoms with Crippen LogP contribution in [0.25, 0.3) is 10.2 Å². The first-order valence-corrected chi connectivity index (χ1v) is 5.02. The molecular weight excluding hydrogens is 206 g/mol. The first kappa shape index (κ1) is 8.72. The van der Waals surface area contributed by atoms with Crippen LogP contribution in [0.4, 0.5) is 5.95 Å². The monoisotopic (exact) mass is 213 g/mol. The molecule has 2 heterocycles. The summed E-state index contributed by atoms with van der Waals surface area (Å²) in [5, 5.41) is 3.41. The SMILES string of the molecule is CN(C)c1nc(Cl)c2ccsc2n1. The van der Waals surface area contributed by atoms with Gasteiger partial charge in [0.15, 0.2) is 0 Å². The fourth-order valence-electron chi connectivity index (χ4n) is 1.01. The third-order valence-electron chi connectivity index (χ3n) is 1.67. The molecule has 2 aromatic heterocycles. The van der Waals surface area contributed by atoms with Crippen LogP contribution in [0.15, 0.2) is 11.4 Å². The molecule has 0 radical (unpaired) electrons. The van der Waals surface area contributed by atoms with E-state index in [2.05, 4.69) is 9.97 Å². The van der Waals surface area contributed by atoms with E-state index in [9.17, 15) is 0 Å². The molecule has 2 rings (SSSR count). The van der Waals surface area contributed by atoms with Gasteiger partial charge in [0, 0.05) is 19.5 Å². The van der Waals surface area contributed by atoms with Crippen molar-refractivity contribution < 1.29 is 0 Å². The van der Waals surface area contributed by atoms with Gasteiger partial charge in [0.05, 0.1) is 0 Å². The van der Waals surface area contributed by atoms with E-state index in [0.717, 1.165) is 10.2 Å². The Bertz CT molecular complexity index is 438. The molecule has 5 heteroatoms. The zero-order valence-corrected chi connectivity index (χ0v) is 8.85. The van der Waals surface area contributed by atoms with Gasteiger partial charge >= 0.3 is 0 Å². The molecule has 0 fully saturated rings. The van der Waals surface area contributed by atoms with Gasteiger partial charge in [-0.15, -0.1) is 11.3 Å². The highest BCUT2D eigenvalue weighted by atomic mass is 35.5. The first-order chi connectivity index (χ1) is 6.18. The third-order valence-corrected chi connectivity index (χ3v) is 2.76. The van der Waals surface area contributed by atoms with Gasteiger partial charge in [0.1, 0.15) is 9.98 Å². The van der Waals surface area contributed by atoms with E-state index in [1.807, 2.05) is 30.4 Å². The second-order valence-corrected chi connectivity index (χ2v) is 4.10. The van der Waals surface area contributed by atoms with Crippen LogP contribution in [0, 0.1) is 0 Å². The van der Waals surface area contributed by atoms with Crippen molar-refractivity contribution in [3.8, 4) is 0 Å². The quantitative estimate of drug-likeness (QED) is 0.682. The average molecular weight is 214 g/mol. The highest BCUT2D eigenvalue weighted by molar-refractivity contribution is 7.16. The Kier molecular flexibility index (Phi) is 2.09. The molecule has 2 aromatic rings. The molecule has 0 spiro atoms. The van der Waals surface area contributed by atoms with Gasteiger partial charge in [-0.2, -0.15) is 0 Å². The highest BCUT2D eigenvalue weighted by Crippen LogP contribution is 2.26. The summed E-state index contributed by atoms with van der Waals surface area (Å²) in [6, 6.07) is 1.93. The van der Waals surface area contributed by atoms with E-state index in [1.165, 1.54) is 0 Å². The number of hydrogen-bond acceptors (Lipinski definition) is 4. The van der Waals surface area contributed by atoms with Crippen LogP contribution in [0.1, 0.15) is 0 Å². The number of thiophene rings is 1. The predicted molar refractivity (Wildman–Crippen MR) is 56.8 cm³/mol. The standard InChI is InChI=1S/C8H8ClN3S/c1-12(2)8-10-6(9)5-3-4-13-7(5)11-8/h3-4H,1-2H3. The Balaban J connectivity index is 2.70. The fraction of sp³-hybridized carbons (Fsp3) is 0.250. The molecule has 3 nitrogen and oxygen atoms in total. The normalized spacial score (nSPS) is 10.7. The largest absolute Gasteiger partial charge is 0.347 e. The molecule has 0 saturated heterocycles. The predicted octanol–water partition coefficient (Wildman–Crippen LogP) is 2.41. The van der Waals surface area contributed by atoms with Crippen LogP contribution in [0.3, 0.4) is 0 Å². The molecular formula is C8H8ClN3S. The van der Waals surface area contributed by atoms with Crippen LogP contribution in [0.5, 0.6) is 0 Å². The Morgan fingerprint density at radius 2 is 2.15 bits per heavy atom. The Morgan fingerprint density at radius 3 is 2.85 bits per heavy atom.